The average Bonchev–Trinajstić information content (AvgIpc) is 3.13. The van der Waals surface area contributed by atoms with E-state index in [9.17, 15) is 18.0 Å². The number of H-pyrrole nitrogens is 1. The molecule has 0 saturated carbocycles. The SMILES string of the molecule is NC(N)=NCC1CN(C(=O)NCc2ccc(C(F)(F)F)cc2)Cc2[nH]c3ccc(Cl)cc3c21. The number of nitrogens with one attached hydrogen (secondary N) is 2. The van der Waals surface area contributed by atoms with Gasteiger partial charge in [0.2, 0.25) is 0 Å². The molecule has 0 saturated heterocycles. The molecule has 174 valence electrons. The summed E-state index contributed by atoms with van der Waals surface area (Å²) in [5.41, 5.74) is 13.6. The summed E-state index contributed by atoms with van der Waals surface area (Å²) in [6.45, 7) is 1.08. The van der Waals surface area contributed by atoms with Crippen LogP contribution in [0.1, 0.15) is 28.3 Å². The van der Waals surface area contributed by atoms with Crippen LogP contribution >= 0.6 is 11.6 Å². The number of benzene rings is 2. The summed E-state index contributed by atoms with van der Waals surface area (Å²) in [7, 11) is 0. The van der Waals surface area contributed by atoms with Crippen molar-refractivity contribution in [3.63, 3.8) is 0 Å². The lowest BCUT2D eigenvalue weighted by Gasteiger charge is -2.32. The molecule has 1 unspecified atom stereocenters. The molecule has 1 aromatic heterocycles. The van der Waals surface area contributed by atoms with Crippen LogP contribution in [0.2, 0.25) is 5.02 Å². The Morgan fingerprint density at radius 1 is 1.21 bits per heavy atom. The number of hydrogen-bond donors (Lipinski definition) is 4. The highest BCUT2D eigenvalue weighted by atomic mass is 35.5. The fourth-order valence-corrected chi connectivity index (χ4v) is 4.24. The van der Waals surface area contributed by atoms with Crippen LogP contribution in [0.4, 0.5) is 18.0 Å². The van der Waals surface area contributed by atoms with Crippen molar-refractivity contribution < 1.29 is 18.0 Å². The fourth-order valence-electron chi connectivity index (χ4n) is 4.06. The quantitative estimate of drug-likeness (QED) is 0.336. The second-order valence-corrected chi connectivity index (χ2v) is 8.34. The Balaban J connectivity index is 1.52. The van der Waals surface area contributed by atoms with Crippen molar-refractivity contribution in [2.24, 2.45) is 16.5 Å². The van der Waals surface area contributed by atoms with Crippen molar-refractivity contribution >= 4 is 34.5 Å². The highest BCUT2D eigenvalue weighted by Gasteiger charge is 2.32. The Kier molecular flexibility index (Phi) is 6.11. The van der Waals surface area contributed by atoms with Gasteiger partial charge >= 0.3 is 12.2 Å². The third-order valence-corrected chi connectivity index (χ3v) is 5.82. The standard InChI is InChI=1S/C22H22ClF3N6O/c23-15-5-6-17-16(7-15)19-13(9-29-20(27)28)10-32(11-18(19)31-17)21(33)30-8-12-1-3-14(4-2-12)22(24,25)26/h1-7,13,31H,8-11H2,(H,30,33)(H4,27,28,29). The van der Waals surface area contributed by atoms with Gasteiger partial charge in [0.15, 0.2) is 5.96 Å². The van der Waals surface area contributed by atoms with E-state index in [1.807, 2.05) is 12.1 Å². The van der Waals surface area contributed by atoms with Gasteiger partial charge in [-0.3, -0.25) is 4.99 Å². The van der Waals surface area contributed by atoms with Crippen LogP contribution in [0, 0.1) is 0 Å². The monoisotopic (exact) mass is 478 g/mol. The van der Waals surface area contributed by atoms with Gasteiger partial charge in [0.05, 0.1) is 18.7 Å². The minimum absolute atomic E-state index is 0.0432. The number of aromatic amines is 1. The molecule has 33 heavy (non-hydrogen) atoms. The number of alkyl halides is 3. The predicted octanol–water partition coefficient (Wildman–Crippen LogP) is 3.92. The Hall–Kier alpha value is -3.40. The number of halogens is 4. The molecule has 11 heteroatoms. The topological polar surface area (TPSA) is 113 Å². The summed E-state index contributed by atoms with van der Waals surface area (Å²) in [5.74, 6) is -0.210. The van der Waals surface area contributed by atoms with Crippen molar-refractivity contribution in [2.45, 2.75) is 25.2 Å². The maximum absolute atomic E-state index is 12.9. The molecular formula is C22H22ClF3N6O. The average molecular weight is 479 g/mol. The summed E-state index contributed by atoms with van der Waals surface area (Å²) < 4.78 is 38.2. The van der Waals surface area contributed by atoms with Gasteiger partial charge in [0.1, 0.15) is 0 Å². The van der Waals surface area contributed by atoms with Crippen LogP contribution in [0.5, 0.6) is 0 Å². The van der Waals surface area contributed by atoms with Crippen LogP contribution < -0.4 is 16.8 Å². The van der Waals surface area contributed by atoms with E-state index in [4.69, 9.17) is 23.1 Å². The molecule has 7 nitrogen and oxygen atoms in total. The number of nitrogens with two attached hydrogens (primary N) is 2. The van der Waals surface area contributed by atoms with Gasteiger partial charge in [-0.15, -0.1) is 0 Å². The van der Waals surface area contributed by atoms with Gasteiger partial charge in [-0.2, -0.15) is 13.2 Å². The molecule has 2 amide bonds. The Morgan fingerprint density at radius 2 is 1.94 bits per heavy atom. The van der Waals surface area contributed by atoms with Crippen LogP contribution in [-0.2, 0) is 19.3 Å². The predicted molar refractivity (Wildman–Crippen MR) is 121 cm³/mol. The van der Waals surface area contributed by atoms with Crippen LogP contribution in [0.3, 0.4) is 0 Å². The number of urea groups is 1. The van der Waals surface area contributed by atoms with Crippen molar-refractivity contribution in [2.75, 3.05) is 13.1 Å². The zero-order valence-corrected chi connectivity index (χ0v) is 18.2. The minimum Gasteiger partial charge on any atom is -0.370 e. The summed E-state index contributed by atoms with van der Waals surface area (Å²) in [6, 6.07) is 9.88. The van der Waals surface area contributed by atoms with Gasteiger partial charge in [0, 0.05) is 40.6 Å². The molecular weight excluding hydrogens is 457 g/mol. The van der Waals surface area contributed by atoms with Gasteiger partial charge in [0.25, 0.3) is 0 Å². The number of nitrogens with zero attached hydrogens (tertiary/aromatic N) is 2. The molecule has 1 atom stereocenters. The molecule has 1 aliphatic heterocycles. The van der Waals surface area contributed by atoms with E-state index in [1.54, 1.807) is 11.0 Å². The number of aromatic nitrogens is 1. The van der Waals surface area contributed by atoms with E-state index < -0.39 is 11.7 Å². The Morgan fingerprint density at radius 3 is 2.61 bits per heavy atom. The number of amides is 2. The van der Waals surface area contributed by atoms with Crippen LogP contribution in [-0.4, -0.2) is 35.0 Å². The highest BCUT2D eigenvalue weighted by molar-refractivity contribution is 6.31. The van der Waals surface area contributed by atoms with Gasteiger partial charge < -0.3 is 26.7 Å². The van der Waals surface area contributed by atoms with E-state index in [1.165, 1.54) is 12.1 Å². The molecule has 0 fully saturated rings. The maximum atomic E-state index is 12.9. The lowest BCUT2D eigenvalue weighted by Crippen LogP contribution is -2.44. The van der Waals surface area contributed by atoms with Crippen LogP contribution in [0.25, 0.3) is 10.9 Å². The highest BCUT2D eigenvalue weighted by Crippen LogP contribution is 2.36. The van der Waals surface area contributed by atoms with E-state index in [0.717, 1.165) is 34.3 Å². The first kappa shape index (κ1) is 22.8. The molecule has 6 N–H and O–H groups in total. The summed E-state index contributed by atoms with van der Waals surface area (Å²) in [6.07, 6.45) is -4.40. The second-order valence-electron chi connectivity index (χ2n) is 7.90. The Labute approximate surface area is 192 Å². The first-order chi connectivity index (χ1) is 15.6. The van der Waals surface area contributed by atoms with Crippen molar-refractivity contribution in [1.29, 1.82) is 0 Å². The zero-order chi connectivity index (χ0) is 23.8. The van der Waals surface area contributed by atoms with E-state index in [0.29, 0.717) is 23.7 Å². The number of hydrogen-bond acceptors (Lipinski definition) is 2. The zero-order valence-electron chi connectivity index (χ0n) is 17.4. The van der Waals surface area contributed by atoms with Gasteiger partial charge in [-0.1, -0.05) is 23.7 Å². The number of fused-ring (bicyclic) bond motifs is 3. The summed E-state index contributed by atoms with van der Waals surface area (Å²) >= 11 is 6.19. The van der Waals surface area contributed by atoms with Crippen LogP contribution in [0.15, 0.2) is 47.5 Å². The van der Waals surface area contributed by atoms with E-state index in [2.05, 4.69) is 15.3 Å². The van der Waals surface area contributed by atoms with Gasteiger partial charge in [-0.05, 0) is 41.5 Å². The fraction of sp³-hybridized carbons (Fsp3) is 0.273. The lowest BCUT2D eigenvalue weighted by molar-refractivity contribution is -0.137. The molecule has 0 bridgehead atoms. The molecule has 0 spiro atoms. The van der Waals surface area contributed by atoms with E-state index in [-0.39, 0.29) is 31.0 Å². The molecule has 1 aliphatic rings. The van der Waals surface area contributed by atoms with Crippen molar-refractivity contribution in [1.82, 2.24) is 15.2 Å². The van der Waals surface area contributed by atoms with E-state index >= 15 is 0 Å². The van der Waals surface area contributed by atoms with Crippen molar-refractivity contribution in [3.8, 4) is 0 Å². The first-order valence-corrected chi connectivity index (χ1v) is 10.5. The lowest BCUT2D eigenvalue weighted by atomic mass is 9.92. The molecule has 0 radical (unpaired) electrons. The molecule has 2 aromatic carbocycles. The first-order valence-electron chi connectivity index (χ1n) is 10.2. The molecule has 3 aromatic rings. The minimum atomic E-state index is -4.40. The van der Waals surface area contributed by atoms with Crippen molar-refractivity contribution in [3.05, 3.63) is 69.9 Å². The summed E-state index contributed by atoms with van der Waals surface area (Å²) in [5, 5.41) is 4.33. The number of carbonyl (C=O) groups excluding carboxylic acids is 1. The maximum Gasteiger partial charge on any atom is 0.416 e. The Bertz CT molecular complexity index is 1200. The number of guanidine groups is 1. The largest absolute Gasteiger partial charge is 0.416 e. The smallest absolute Gasteiger partial charge is 0.370 e. The number of rotatable bonds is 4. The second kappa shape index (κ2) is 8.86. The third kappa shape index (κ3) is 5.00. The summed E-state index contributed by atoms with van der Waals surface area (Å²) in [4.78, 5) is 22.0. The molecule has 4 rings (SSSR count). The van der Waals surface area contributed by atoms with Gasteiger partial charge in [-0.25, -0.2) is 4.79 Å². The number of carbonyl (C=O) groups is 1. The number of aliphatic imine (C=N–C) groups is 1. The normalized spacial score (nSPS) is 15.9. The molecule has 2 heterocycles. The third-order valence-electron chi connectivity index (χ3n) is 5.59. The molecule has 0 aliphatic carbocycles.